The first-order chi connectivity index (χ1) is 5.79. The molecule has 12 heavy (non-hydrogen) atoms. The molecule has 68 valence electrons. The normalized spacial score (nSPS) is 11.3. The zero-order valence-corrected chi connectivity index (χ0v) is 8.59. The average molecular weight is 165 g/mol. The largest absolute Gasteiger partial charge is 0.264 e. The van der Waals surface area contributed by atoms with Crippen molar-refractivity contribution in [3.63, 3.8) is 0 Å². The van der Waals surface area contributed by atoms with Gasteiger partial charge >= 0.3 is 0 Å². The standard InChI is InChI=1S/C9H13N.C2H6/c1-5-8(6-2)9(7-3)10-4;1-2/h5-7H,1,4H2,2-3H3;1-2H3/b8-6-,9-7+;. The van der Waals surface area contributed by atoms with Crippen molar-refractivity contribution in [1.29, 1.82) is 0 Å². The summed E-state index contributed by atoms with van der Waals surface area (Å²) in [5.74, 6) is 0. The van der Waals surface area contributed by atoms with Crippen molar-refractivity contribution in [3.05, 3.63) is 36.1 Å². The molecular weight excluding hydrogens is 146 g/mol. The minimum Gasteiger partial charge on any atom is -0.264 e. The number of aliphatic imine (C=N–C) groups is 1. The monoisotopic (exact) mass is 165 g/mol. The van der Waals surface area contributed by atoms with Crippen molar-refractivity contribution >= 4 is 6.72 Å². The van der Waals surface area contributed by atoms with Gasteiger partial charge in [0.2, 0.25) is 0 Å². The van der Waals surface area contributed by atoms with Gasteiger partial charge in [-0.15, -0.1) is 0 Å². The quantitative estimate of drug-likeness (QED) is 0.446. The maximum absolute atomic E-state index is 3.82. The van der Waals surface area contributed by atoms with Gasteiger partial charge < -0.3 is 0 Å². The zero-order chi connectivity index (χ0) is 9.98. The summed E-state index contributed by atoms with van der Waals surface area (Å²) in [6.07, 6.45) is 5.63. The zero-order valence-electron chi connectivity index (χ0n) is 8.59. The van der Waals surface area contributed by atoms with Gasteiger partial charge in [-0.05, 0) is 26.1 Å². The van der Waals surface area contributed by atoms with E-state index < -0.39 is 0 Å². The van der Waals surface area contributed by atoms with Crippen molar-refractivity contribution in [1.82, 2.24) is 0 Å². The van der Waals surface area contributed by atoms with Crippen LogP contribution >= 0.6 is 0 Å². The summed E-state index contributed by atoms with van der Waals surface area (Å²) in [4.78, 5) is 3.82. The fourth-order valence-corrected chi connectivity index (χ4v) is 0.720. The maximum Gasteiger partial charge on any atom is 0.0648 e. The van der Waals surface area contributed by atoms with Crippen LogP contribution in [0.2, 0.25) is 0 Å². The number of nitrogens with zero attached hydrogens (tertiary/aromatic N) is 1. The lowest BCUT2D eigenvalue weighted by atomic mass is 10.2. The molecule has 0 saturated heterocycles. The van der Waals surface area contributed by atoms with Gasteiger partial charge in [-0.1, -0.05) is 38.7 Å². The van der Waals surface area contributed by atoms with Crippen LogP contribution in [0, 0.1) is 0 Å². The highest BCUT2D eigenvalue weighted by atomic mass is 14.7. The Hall–Kier alpha value is -1.11. The van der Waals surface area contributed by atoms with Crippen LogP contribution in [0.4, 0.5) is 0 Å². The molecule has 0 aromatic rings. The van der Waals surface area contributed by atoms with Crippen molar-refractivity contribution in [2.75, 3.05) is 0 Å². The Balaban J connectivity index is 0. The summed E-state index contributed by atoms with van der Waals surface area (Å²) < 4.78 is 0. The van der Waals surface area contributed by atoms with Gasteiger partial charge in [0, 0.05) is 0 Å². The van der Waals surface area contributed by atoms with E-state index in [1.165, 1.54) is 0 Å². The third kappa shape index (κ3) is 4.67. The molecule has 0 fully saturated rings. The Labute approximate surface area is 76.2 Å². The number of allylic oxidation sites excluding steroid dienone is 3. The van der Waals surface area contributed by atoms with E-state index in [1.807, 2.05) is 39.8 Å². The first-order valence-electron chi connectivity index (χ1n) is 4.22. The molecule has 1 nitrogen and oxygen atoms in total. The fraction of sp³-hybridized carbons (Fsp3) is 0.364. The first-order valence-corrected chi connectivity index (χ1v) is 4.22. The van der Waals surface area contributed by atoms with E-state index in [4.69, 9.17) is 0 Å². The van der Waals surface area contributed by atoms with Crippen LogP contribution < -0.4 is 0 Å². The van der Waals surface area contributed by atoms with Crippen LogP contribution in [0.5, 0.6) is 0 Å². The van der Waals surface area contributed by atoms with Gasteiger partial charge in [-0.25, -0.2) is 0 Å². The van der Waals surface area contributed by atoms with E-state index in [2.05, 4.69) is 18.3 Å². The molecule has 0 bridgehead atoms. The van der Waals surface area contributed by atoms with E-state index in [0.29, 0.717) is 0 Å². The van der Waals surface area contributed by atoms with Crippen molar-refractivity contribution in [2.24, 2.45) is 4.99 Å². The van der Waals surface area contributed by atoms with Crippen LogP contribution in [-0.4, -0.2) is 6.72 Å². The van der Waals surface area contributed by atoms with Gasteiger partial charge in [0.15, 0.2) is 0 Å². The lowest BCUT2D eigenvalue weighted by Gasteiger charge is -1.98. The Bertz CT molecular complexity index is 163. The molecule has 0 rings (SSSR count). The molecular formula is C11H19N. The molecule has 0 unspecified atom stereocenters. The molecule has 0 amide bonds. The lowest BCUT2D eigenvalue weighted by molar-refractivity contribution is 1.33. The average Bonchev–Trinajstić information content (AvgIpc) is 2.17. The maximum atomic E-state index is 3.82. The summed E-state index contributed by atoms with van der Waals surface area (Å²) in [5, 5.41) is 0. The second kappa shape index (κ2) is 9.89. The summed E-state index contributed by atoms with van der Waals surface area (Å²) >= 11 is 0. The highest BCUT2D eigenvalue weighted by Gasteiger charge is 1.92. The topological polar surface area (TPSA) is 12.4 Å². The summed E-state index contributed by atoms with van der Waals surface area (Å²) in [6, 6.07) is 0. The van der Waals surface area contributed by atoms with E-state index >= 15 is 0 Å². The van der Waals surface area contributed by atoms with Crippen molar-refractivity contribution in [2.45, 2.75) is 27.7 Å². The Morgan fingerprint density at radius 1 is 1.17 bits per heavy atom. The summed E-state index contributed by atoms with van der Waals surface area (Å²) in [7, 11) is 0. The minimum atomic E-state index is 0.887. The Morgan fingerprint density at radius 2 is 1.67 bits per heavy atom. The predicted molar refractivity (Wildman–Crippen MR) is 58.6 cm³/mol. The van der Waals surface area contributed by atoms with Gasteiger partial charge in [-0.3, -0.25) is 4.99 Å². The smallest absolute Gasteiger partial charge is 0.0648 e. The minimum absolute atomic E-state index is 0.887. The van der Waals surface area contributed by atoms with Crippen molar-refractivity contribution < 1.29 is 0 Å². The summed E-state index contributed by atoms with van der Waals surface area (Å²) in [5.41, 5.74) is 1.91. The predicted octanol–water partition coefficient (Wildman–Crippen LogP) is 3.75. The molecule has 0 saturated carbocycles. The first kappa shape index (κ1) is 13.5. The van der Waals surface area contributed by atoms with Gasteiger partial charge in [0.05, 0.1) is 5.70 Å². The summed E-state index contributed by atoms with van der Waals surface area (Å²) in [6.45, 7) is 15.0. The molecule has 1 heteroatoms. The van der Waals surface area contributed by atoms with E-state index in [9.17, 15) is 0 Å². The van der Waals surface area contributed by atoms with Crippen LogP contribution in [0.3, 0.4) is 0 Å². The van der Waals surface area contributed by atoms with Crippen LogP contribution in [0.25, 0.3) is 0 Å². The number of hydrogen-bond donors (Lipinski definition) is 0. The lowest BCUT2D eigenvalue weighted by Crippen LogP contribution is -1.79. The molecule has 0 atom stereocenters. The highest BCUT2D eigenvalue weighted by Crippen LogP contribution is 2.10. The fourth-order valence-electron chi connectivity index (χ4n) is 0.720. The molecule has 0 aromatic heterocycles. The Morgan fingerprint density at radius 3 is 1.75 bits per heavy atom. The molecule has 0 heterocycles. The SMILES string of the molecule is C=CC(=C/C)/C(=C\C)N=C.CC. The molecule has 0 aromatic carbocycles. The van der Waals surface area contributed by atoms with Crippen molar-refractivity contribution in [3.8, 4) is 0 Å². The Kier molecular flexibility index (Phi) is 11.1. The van der Waals surface area contributed by atoms with Gasteiger partial charge in [0.25, 0.3) is 0 Å². The molecule has 0 radical (unpaired) electrons. The van der Waals surface area contributed by atoms with E-state index in [0.717, 1.165) is 11.3 Å². The molecule has 0 aliphatic rings. The number of hydrogen-bond acceptors (Lipinski definition) is 1. The third-order valence-corrected chi connectivity index (χ3v) is 1.27. The number of rotatable bonds is 3. The third-order valence-electron chi connectivity index (χ3n) is 1.27. The molecule has 0 aliphatic carbocycles. The second-order valence-electron chi connectivity index (χ2n) is 1.78. The van der Waals surface area contributed by atoms with Gasteiger partial charge in [-0.2, -0.15) is 0 Å². The van der Waals surface area contributed by atoms with E-state index in [1.54, 1.807) is 6.08 Å². The second-order valence-corrected chi connectivity index (χ2v) is 1.78. The molecule has 0 aliphatic heterocycles. The van der Waals surface area contributed by atoms with Crippen LogP contribution in [0.1, 0.15) is 27.7 Å². The van der Waals surface area contributed by atoms with Crippen LogP contribution in [0.15, 0.2) is 41.1 Å². The van der Waals surface area contributed by atoms with Crippen LogP contribution in [-0.2, 0) is 0 Å². The molecule has 0 N–H and O–H groups in total. The molecule has 0 spiro atoms. The van der Waals surface area contributed by atoms with E-state index in [-0.39, 0.29) is 0 Å². The highest BCUT2D eigenvalue weighted by molar-refractivity contribution is 5.42. The van der Waals surface area contributed by atoms with Gasteiger partial charge in [0.1, 0.15) is 0 Å².